The summed E-state index contributed by atoms with van der Waals surface area (Å²) < 4.78 is 32.0. The van der Waals surface area contributed by atoms with Crippen molar-refractivity contribution < 1.29 is 13.2 Å². The molecule has 0 bridgehead atoms. The summed E-state index contributed by atoms with van der Waals surface area (Å²) in [6.45, 7) is 1.02. The van der Waals surface area contributed by atoms with Gasteiger partial charge >= 0.3 is 0 Å². The molecule has 0 amide bonds. The van der Waals surface area contributed by atoms with E-state index in [-0.39, 0.29) is 16.6 Å². The fourth-order valence-corrected chi connectivity index (χ4v) is 3.17. The molecule has 1 aliphatic heterocycles. The number of hydrogen-bond donors (Lipinski definition) is 1. The maximum Gasteiger partial charge on any atom is 0.243 e. The van der Waals surface area contributed by atoms with E-state index in [0.29, 0.717) is 13.2 Å². The van der Waals surface area contributed by atoms with Gasteiger partial charge in [-0.15, -0.1) is 0 Å². The predicted molar refractivity (Wildman–Crippen MR) is 63.1 cm³/mol. The monoisotopic (exact) mass is 267 g/mol. The number of pyridine rings is 1. The van der Waals surface area contributed by atoms with Gasteiger partial charge in [-0.3, -0.25) is 0 Å². The van der Waals surface area contributed by atoms with Gasteiger partial charge in [0.05, 0.1) is 6.61 Å². The molecule has 6 nitrogen and oxygen atoms in total. The Bertz CT molecular complexity index is 559. The normalized spacial score (nSPS) is 20.3. The van der Waals surface area contributed by atoms with Gasteiger partial charge in [0.15, 0.2) is 5.69 Å². The van der Waals surface area contributed by atoms with Crippen LogP contribution >= 0.6 is 0 Å². The molecule has 1 unspecified atom stereocenters. The highest BCUT2D eigenvalue weighted by atomic mass is 32.2. The fourth-order valence-electron chi connectivity index (χ4n) is 1.81. The van der Waals surface area contributed by atoms with E-state index in [1.165, 1.54) is 18.3 Å². The molecule has 0 spiro atoms. The largest absolute Gasteiger partial charge is 0.380 e. The highest BCUT2D eigenvalue weighted by Gasteiger charge is 2.24. The zero-order chi connectivity index (χ0) is 13.0. The van der Waals surface area contributed by atoms with E-state index in [9.17, 15) is 8.42 Å². The van der Waals surface area contributed by atoms with Gasteiger partial charge in [0.25, 0.3) is 0 Å². The fraction of sp³-hybridized carbons (Fsp3) is 0.455. The van der Waals surface area contributed by atoms with Crippen LogP contribution in [-0.4, -0.2) is 32.7 Å². The van der Waals surface area contributed by atoms with Crippen LogP contribution in [0.3, 0.4) is 0 Å². The van der Waals surface area contributed by atoms with E-state index in [4.69, 9.17) is 10.00 Å². The Balaban J connectivity index is 2.22. The number of nitriles is 1. The topological polar surface area (TPSA) is 92.1 Å². The highest BCUT2D eigenvalue weighted by molar-refractivity contribution is 7.89. The molecule has 0 radical (unpaired) electrons. The zero-order valence-corrected chi connectivity index (χ0v) is 10.5. The van der Waals surface area contributed by atoms with E-state index >= 15 is 0 Å². The second-order valence-electron chi connectivity index (χ2n) is 4.00. The van der Waals surface area contributed by atoms with E-state index in [2.05, 4.69) is 9.71 Å². The smallest absolute Gasteiger partial charge is 0.243 e. The number of sulfonamides is 1. The Morgan fingerprint density at radius 3 is 3.06 bits per heavy atom. The van der Waals surface area contributed by atoms with Gasteiger partial charge in [-0.05, 0) is 25.0 Å². The van der Waals surface area contributed by atoms with Crippen LogP contribution in [-0.2, 0) is 14.8 Å². The number of nitrogens with zero attached hydrogens (tertiary/aromatic N) is 2. The standard InChI is InChI=1S/C11H13N3O3S/c12-7-10-11(4-1-5-13-10)18(15,16)14-9-3-2-6-17-8-9/h1,4-5,9,14H,2-3,6,8H2. The lowest BCUT2D eigenvalue weighted by molar-refractivity contribution is 0.0774. The van der Waals surface area contributed by atoms with Crippen LogP contribution < -0.4 is 4.72 Å². The van der Waals surface area contributed by atoms with Crippen LogP contribution in [0.4, 0.5) is 0 Å². The molecule has 1 aliphatic rings. The summed E-state index contributed by atoms with van der Waals surface area (Å²) in [5, 5.41) is 8.86. The third-order valence-electron chi connectivity index (χ3n) is 2.65. The summed E-state index contributed by atoms with van der Waals surface area (Å²) in [7, 11) is -3.72. The summed E-state index contributed by atoms with van der Waals surface area (Å²) in [4.78, 5) is 3.66. The van der Waals surface area contributed by atoms with Crippen molar-refractivity contribution in [3.63, 3.8) is 0 Å². The summed E-state index contributed by atoms with van der Waals surface area (Å²) in [5.74, 6) is 0. The van der Waals surface area contributed by atoms with E-state index < -0.39 is 10.0 Å². The van der Waals surface area contributed by atoms with Crippen LogP contribution in [0.1, 0.15) is 18.5 Å². The highest BCUT2D eigenvalue weighted by Crippen LogP contribution is 2.15. The molecule has 96 valence electrons. The molecule has 2 heterocycles. The van der Waals surface area contributed by atoms with Crippen molar-refractivity contribution >= 4 is 10.0 Å². The summed E-state index contributed by atoms with van der Waals surface area (Å²) in [6.07, 6.45) is 2.95. The zero-order valence-electron chi connectivity index (χ0n) is 9.67. The van der Waals surface area contributed by atoms with Gasteiger partial charge in [0, 0.05) is 18.8 Å². The van der Waals surface area contributed by atoms with Gasteiger partial charge in [-0.25, -0.2) is 18.1 Å². The van der Waals surface area contributed by atoms with E-state index in [0.717, 1.165) is 12.8 Å². The second kappa shape index (κ2) is 5.44. The minimum absolute atomic E-state index is 0.0851. The Morgan fingerprint density at radius 1 is 1.56 bits per heavy atom. The molecular weight excluding hydrogens is 254 g/mol. The number of nitrogens with one attached hydrogen (secondary N) is 1. The Morgan fingerprint density at radius 2 is 2.39 bits per heavy atom. The minimum Gasteiger partial charge on any atom is -0.380 e. The van der Waals surface area contributed by atoms with Crippen molar-refractivity contribution in [2.45, 2.75) is 23.8 Å². The number of ether oxygens (including phenoxy) is 1. The Hall–Kier alpha value is -1.49. The Kier molecular flexibility index (Phi) is 3.91. The van der Waals surface area contributed by atoms with Crippen LogP contribution in [0.15, 0.2) is 23.2 Å². The quantitative estimate of drug-likeness (QED) is 0.856. The molecule has 1 fully saturated rings. The molecule has 0 aromatic carbocycles. The van der Waals surface area contributed by atoms with Crippen LogP contribution in [0, 0.1) is 11.3 Å². The van der Waals surface area contributed by atoms with Gasteiger partial charge < -0.3 is 4.74 Å². The van der Waals surface area contributed by atoms with E-state index in [1.807, 2.05) is 0 Å². The Labute approximate surface area is 106 Å². The molecule has 1 aromatic rings. The first-order chi connectivity index (χ1) is 8.63. The average Bonchev–Trinajstić information content (AvgIpc) is 2.39. The van der Waals surface area contributed by atoms with Crippen molar-refractivity contribution in [1.29, 1.82) is 5.26 Å². The third-order valence-corrected chi connectivity index (χ3v) is 4.20. The predicted octanol–water partition coefficient (Wildman–Crippen LogP) is 0.411. The van der Waals surface area contributed by atoms with Crippen molar-refractivity contribution in [3.8, 4) is 6.07 Å². The molecule has 7 heteroatoms. The van der Waals surface area contributed by atoms with Gasteiger partial charge in [0.2, 0.25) is 10.0 Å². The first-order valence-corrected chi connectivity index (χ1v) is 7.07. The lowest BCUT2D eigenvalue weighted by Gasteiger charge is -2.22. The first-order valence-electron chi connectivity index (χ1n) is 5.58. The maximum atomic E-state index is 12.1. The molecule has 1 N–H and O–H groups in total. The van der Waals surface area contributed by atoms with Crippen LogP contribution in [0.2, 0.25) is 0 Å². The van der Waals surface area contributed by atoms with Gasteiger partial charge in [-0.1, -0.05) is 0 Å². The van der Waals surface area contributed by atoms with Crippen LogP contribution in [0.5, 0.6) is 0 Å². The van der Waals surface area contributed by atoms with Crippen molar-refractivity contribution in [3.05, 3.63) is 24.0 Å². The second-order valence-corrected chi connectivity index (χ2v) is 5.68. The number of rotatable bonds is 3. The summed E-state index contributed by atoms with van der Waals surface area (Å²) in [5.41, 5.74) is -0.0956. The molecule has 0 saturated carbocycles. The molecule has 1 saturated heterocycles. The molecule has 18 heavy (non-hydrogen) atoms. The maximum absolute atomic E-state index is 12.1. The average molecular weight is 267 g/mol. The summed E-state index contributed by atoms with van der Waals surface area (Å²) >= 11 is 0. The molecule has 1 atom stereocenters. The molecule has 2 rings (SSSR count). The van der Waals surface area contributed by atoms with Crippen molar-refractivity contribution in [2.75, 3.05) is 13.2 Å². The third kappa shape index (κ3) is 2.85. The van der Waals surface area contributed by atoms with E-state index in [1.54, 1.807) is 6.07 Å². The molecular formula is C11H13N3O3S. The number of hydrogen-bond acceptors (Lipinski definition) is 5. The lowest BCUT2D eigenvalue weighted by Crippen LogP contribution is -2.40. The number of aromatic nitrogens is 1. The molecule has 0 aliphatic carbocycles. The van der Waals surface area contributed by atoms with Crippen LogP contribution in [0.25, 0.3) is 0 Å². The minimum atomic E-state index is -3.72. The summed E-state index contributed by atoms with van der Waals surface area (Å²) in [6, 6.07) is 4.40. The lowest BCUT2D eigenvalue weighted by atomic mass is 10.1. The molecule has 1 aromatic heterocycles. The SMILES string of the molecule is N#Cc1ncccc1S(=O)(=O)NC1CCCOC1. The van der Waals surface area contributed by atoms with Gasteiger partial charge in [0.1, 0.15) is 11.0 Å². The van der Waals surface area contributed by atoms with Crippen molar-refractivity contribution in [1.82, 2.24) is 9.71 Å². The van der Waals surface area contributed by atoms with Crippen molar-refractivity contribution in [2.24, 2.45) is 0 Å². The van der Waals surface area contributed by atoms with Gasteiger partial charge in [-0.2, -0.15) is 5.26 Å². The first kappa shape index (κ1) is 13.0.